The third-order valence-corrected chi connectivity index (χ3v) is 6.18. The summed E-state index contributed by atoms with van der Waals surface area (Å²) in [7, 11) is 3.42. The van der Waals surface area contributed by atoms with Crippen LogP contribution in [0.3, 0.4) is 0 Å². The SMILES string of the molecule is CCOC(=O)N(C(=O)c1ccc2c(c1)nc(Cc1ccc(C#N)cc1)n2C)c1ccccc1CC(=O)NC. The maximum Gasteiger partial charge on any atom is 0.421 e. The molecule has 9 nitrogen and oxygen atoms in total. The number of ether oxygens (including phenoxy) is 1. The molecular weight excluding hydrogens is 482 g/mol. The molecule has 0 unspecified atom stereocenters. The number of hydrogen-bond acceptors (Lipinski definition) is 6. The van der Waals surface area contributed by atoms with Crippen molar-refractivity contribution in [3.63, 3.8) is 0 Å². The summed E-state index contributed by atoms with van der Waals surface area (Å²) in [6.07, 6.45) is -0.292. The zero-order valence-electron chi connectivity index (χ0n) is 21.4. The molecule has 0 saturated carbocycles. The van der Waals surface area contributed by atoms with Crippen molar-refractivity contribution < 1.29 is 19.1 Å². The summed E-state index contributed by atoms with van der Waals surface area (Å²) in [6, 6.07) is 21.2. The minimum absolute atomic E-state index is 0.00611. The van der Waals surface area contributed by atoms with Crippen molar-refractivity contribution in [3.8, 4) is 6.07 Å². The number of amides is 3. The number of anilines is 1. The smallest absolute Gasteiger partial charge is 0.421 e. The molecule has 0 bridgehead atoms. The molecule has 1 heterocycles. The van der Waals surface area contributed by atoms with Gasteiger partial charge in [-0.05, 0) is 54.4 Å². The Balaban J connectivity index is 1.70. The van der Waals surface area contributed by atoms with Crippen LogP contribution >= 0.6 is 0 Å². The normalized spacial score (nSPS) is 10.6. The minimum atomic E-state index is -0.829. The van der Waals surface area contributed by atoms with Gasteiger partial charge in [0.2, 0.25) is 5.91 Å². The first-order valence-corrected chi connectivity index (χ1v) is 12.1. The topological polar surface area (TPSA) is 117 Å². The van der Waals surface area contributed by atoms with E-state index in [0.717, 1.165) is 21.8 Å². The van der Waals surface area contributed by atoms with E-state index in [1.807, 2.05) is 23.7 Å². The molecule has 0 aliphatic heterocycles. The van der Waals surface area contributed by atoms with Crippen molar-refractivity contribution in [2.24, 2.45) is 7.05 Å². The Labute approximate surface area is 220 Å². The molecule has 38 heavy (non-hydrogen) atoms. The zero-order chi connectivity index (χ0) is 27.2. The van der Waals surface area contributed by atoms with Crippen LogP contribution in [0.1, 0.15) is 39.8 Å². The second-order valence-electron chi connectivity index (χ2n) is 8.59. The zero-order valence-corrected chi connectivity index (χ0v) is 21.4. The number of likely N-dealkylation sites (N-methyl/N-ethyl adjacent to an activating group) is 1. The standard InChI is InChI=1S/C29H27N5O4/c1-4-38-29(37)34(24-8-6-5-7-21(24)17-27(35)31-2)28(36)22-13-14-25-23(16-22)32-26(33(25)3)15-19-9-11-20(18-30)12-10-19/h5-14,16H,4,15,17H2,1-3H3,(H,31,35). The average Bonchev–Trinajstić information content (AvgIpc) is 3.24. The molecule has 0 atom stereocenters. The van der Waals surface area contributed by atoms with Gasteiger partial charge in [0.1, 0.15) is 5.82 Å². The van der Waals surface area contributed by atoms with Gasteiger partial charge in [0, 0.05) is 26.1 Å². The highest BCUT2D eigenvalue weighted by Gasteiger charge is 2.29. The number of aryl methyl sites for hydroxylation is 1. The molecule has 0 aliphatic carbocycles. The summed E-state index contributed by atoms with van der Waals surface area (Å²) >= 11 is 0. The Kier molecular flexibility index (Phi) is 7.83. The van der Waals surface area contributed by atoms with Crippen molar-refractivity contribution in [2.45, 2.75) is 19.8 Å². The first-order valence-electron chi connectivity index (χ1n) is 12.1. The summed E-state index contributed by atoms with van der Waals surface area (Å²) in [4.78, 5) is 44.5. The number of hydrogen-bond donors (Lipinski definition) is 1. The lowest BCUT2D eigenvalue weighted by Crippen LogP contribution is -2.38. The number of para-hydroxylation sites is 1. The van der Waals surface area contributed by atoms with Gasteiger partial charge in [-0.15, -0.1) is 0 Å². The van der Waals surface area contributed by atoms with Crippen LogP contribution in [-0.4, -0.2) is 41.1 Å². The number of imide groups is 1. The molecule has 0 radical (unpaired) electrons. The van der Waals surface area contributed by atoms with Crippen LogP contribution in [0.5, 0.6) is 0 Å². The molecule has 192 valence electrons. The van der Waals surface area contributed by atoms with E-state index in [-0.39, 0.29) is 30.2 Å². The van der Waals surface area contributed by atoms with Crippen LogP contribution in [0, 0.1) is 11.3 Å². The molecule has 4 rings (SSSR count). The van der Waals surface area contributed by atoms with Crippen molar-refractivity contribution >= 4 is 34.6 Å². The van der Waals surface area contributed by atoms with Gasteiger partial charge in [-0.3, -0.25) is 9.59 Å². The maximum atomic E-state index is 13.7. The lowest BCUT2D eigenvalue weighted by molar-refractivity contribution is -0.119. The number of nitrogens with one attached hydrogen (secondary N) is 1. The Hall–Kier alpha value is -4.97. The summed E-state index contributed by atoms with van der Waals surface area (Å²) in [5.74, 6) is -0.0557. The molecule has 1 aromatic heterocycles. The maximum absolute atomic E-state index is 13.7. The molecule has 0 saturated heterocycles. The van der Waals surface area contributed by atoms with Gasteiger partial charge in [0.25, 0.3) is 5.91 Å². The fourth-order valence-electron chi connectivity index (χ4n) is 4.17. The third kappa shape index (κ3) is 5.39. The minimum Gasteiger partial charge on any atom is -0.449 e. The van der Waals surface area contributed by atoms with Crippen LogP contribution in [0.4, 0.5) is 10.5 Å². The number of carbonyl (C=O) groups is 3. The Morgan fingerprint density at radius 2 is 1.82 bits per heavy atom. The predicted octanol–water partition coefficient (Wildman–Crippen LogP) is 4.13. The molecule has 4 aromatic rings. The van der Waals surface area contributed by atoms with Gasteiger partial charge < -0.3 is 14.6 Å². The lowest BCUT2D eigenvalue weighted by Gasteiger charge is -2.23. The van der Waals surface area contributed by atoms with E-state index in [2.05, 4.69) is 11.4 Å². The number of aromatic nitrogens is 2. The molecule has 3 amide bonds. The molecule has 3 aromatic carbocycles. The van der Waals surface area contributed by atoms with E-state index in [1.165, 1.54) is 7.05 Å². The van der Waals surface area contributed by atoms with Crippen molar-refractivity contribution in [1.29, 1.82) is 5.26 Å². The molecular formula is C29H27N5O4. The van der Waals surface area contributed by atoms with E-state index in [4.69, 9.17) is 15.0 Å². The largest absolute Gasteiger partial charge is 0.449 e. The predicted molar refractivity (Wildman–Crippen MR) is 143 cm³/mol. The quantitative estimate of drug-likeness (QED) is 0.400. The van der Waals surface area contributed by atoms with Gasteiger partial charge in [-0.25, -0.2) is 14.7 Å². The molecule has 0 aliphatic rings. The number of fused-ring (bicyclic) bond motifs is 1. The van der Waals surface area contributed by atoms with E-state index in [0.29, 0.717) is 23.1 Å². The summed E-state index contributed by atoms with van der Waals surface area (Å²) < 4.78 is 7.15. The molecule has 0 fully saturated rings. The van der Waals surface area contributed by atoms with Crippen LogP contribution in [0.15, 0.2) is 66.7 Å². The lowest BCUT2D eigenvalue weighted by atomic mass is 10.1. The van der Waals surface area contributed by atoms with Gasteiger partial charge in [0.15, 0.2) is 0 Å². The highest BCUT2D eigenvalue weighted by atomic mass is 16.6. The van der Waals surface area contributed by atoms with E-state index in [9.17, 15) is 14.4 Å². The summed E-state index contributed by atoms with van der Waals surface area (Å²) in [6.45, 7) is 1.74. The van der Waals surface area contributed by atoms with Gasteiger partial charge >= 0.3 is 6.09 Å². The molecule has 9 heteroatoms. The van der Waals surface area contributed by atoms with Crippen molar-refractivity contribution in [1.82, 2.24) is 14.9 Å². The number of imidazole rings is 1. The second kappa shape index (κ2) is 11.4. The second-order valence-corrected chi connectivity index (χ2v) is 8.59. The highest BCUT2D eigenvalue weighted by molar-refractivity contribution is 6.20. The van der Waals surface area contributed by atoms with Crippen LogP contribution in [0.25, 0.3) is 11.0 Å². The van der Waals surface area contributed by atoms with Crippen molar-refractivity contribution in [2.75, 3.05) is 18.6 Å². The van der Waals surface area contributed by atoms with E-state index >= 15 is 0 Å². The van der Waals surface area contributed by atoms with E-state index < -0.39 is 12.0 Å². The Bertz CT molecular complexity index is 1550. The Morgan fingerprint density at radius 3 is 2.50 bits per heavy atom. The average molecular weight is 510 g/mol. The fraction of sp³-hybridized carbons (Fsp3) is 0.207. The van der Waals surface area contributed by atoms with E-state index in [1.54, 1.807) is 61.5 Å². The van der Waals surface area contributed by atoms with Crippen LogP contribution in [0.2, 0.25) is 0 Å². The van der Waals surface area contributed by atoms with Gasteiger partial charge in [0.05, 0.1) is 41.4 Å². The third-order valence-electron chi connectivity index (χ3n) is 6.18. The van der Waals surface area contributed by atoms with Crippen molar-refractivity contribution in [3.05, 3.63) is 94.8 Å². The number of benzene rings is 3. The van der Waals surface area contributed by atoms with Crippen LogP contribution in [-0.2, 0) is 29.4 Å². The monoisotopic (exact) mass is 509 g/mol. The summed E-state index contributed by atoms with van der Waals surface area (Å²) in [5, 5.41) is 11.6. The number of rotatable bonds is 7. The highest BCUT2D eigenvalue weighted by Crippen LogP contribution is 2.26. The van der Waals surface area contributed by atoms with Crippen LogP contribution < -0.4 is 10.2 Å². The number of nitrogens with zero attached hydrogens (tertiary/aromatic N) is 4. The number of nitriles is 1. The Morgan fingerprint density at radius 1 is 1.08 bits per heavy atom. The molecule has 1 N–H and O–H groups in total. The molecule has 0 spiro atoms. The fourth-order valence-corrected chi connectivity index (χ4v) is 4.17. The summed E-state index contributed by atoms with van der Waals surface area (Å²) in [5.41, 5.74) is 4.06. The number of carbonyl (C=O) groups excluding carboxylic acids is 3. The first kappa shape index (κ1) is 26.1. The first-order chi connectivity index (χ1) is 18.4. The van der Waals surface area contributed by atoms with Gasteiger partial charge in [-0.1, -0.05) is 30.3 Å². The van der Waals surface area contributed by atoms with Gasteiger partial charge in [-0.2, -0.15) is 5.26 Å².